The van der Waals surface area contributed by atoms with E-state index in [4.69, 9.17) is 4.74 Å². The van der Waals surface area contributed by atoms with Gasteiger partial charge in [0, 0.05) is 25.2 Å². The first-order valence-corrected chi connectivity index (χ1v) is 8.11. The van der Waals surface area contributed by atoms with Gasteiger partial charge in [0.1, 0.15) is 12.4 Å². The molecule has 0 unspecified atom stereocenters. The second kappa shape index (κ2) is 7.37. The Balaban J connectivity index is 1.53. The molecule has 122 valence electrons. The summed E-state index contributed by atoms with van der Waals surface area (Å²) in [5.41, 5.74) is 2.39. The Hall–Kier alpha value is -2.21. The van der Waals surface area contributed by atoms with Gasteiger partial charge in [-0.3, -0.25) is 4.90 Å². The number of H-pyrrole nitrogens is 1. The molecular formula is C17H23N5O. The Morgan fingerprint density at radius 3 is 2.96 bits per heavy atom. The highest BCUT2D eigenvalue weighted by molar-refractivity contribution is 5.61. The summed E-state index contributed by atoms with van der Waals surface area (Å²) in [6.45, 7) is 7.83. The minimum absolute atomic E-state index is 0.467. The van der Waals surface area contributed by atoms with Crippen LogP contribution < -0.4 is 4.74 Å². The third kappa shape index (κ3) is 3.96. The number of rotatable bonds is 6. The minimum atomic E-state index is 0.467. The van der Waals surface area contributed by atoms with Crippen LogP contribution in [0.5, 0.6) is 5.75 Å². The van der Waals surface area contributed by atoms with E-state index in [1.165, 1.54) is 5.56 Å². The van der Waals surface area contributed by atoms with Gasteiger partial charge in [0.25, 0.3) is 0 Å². The van der Waals surface area contributed by atoms with E-state index in [0.29, 0.717) is 18.3 Å². The number of ether oxygens (including phenoxy) is 1. The van der Waals surface area contributed by atoms with Crippen molar-refractivity contribution in [2.75, 3.05) is 26.2 Å². The molecule has 1 aliphatic heterocycles. The van der Waals surface area contributed by atoms with Gasteiger partial charge >= 0.3 is 0 Å². The molecule has 0 spiro atoms. The fourth-order valence-corrected chi connectivity index (χ4v) is 2.83. The van der Waals surface area contributed by atoms with E-state index in [0.717, 1.165) is 37.4 Å². The summed E-state index contributed by atoms with van der Waals surface area (Å²) >= 11 is 0. The largest absolute Gasteiger partial charge is 0.492 e. The summed E-state index contributed by atoms with van der Waals surface area (Å²) in [6.07, 6.45) is 3.20. The number of nitrogens with zero attached hydrogens (tertiary/aromatic N) is 4. The topological polar surface area (TPSA) is 66.9 Å². The van der Waals surface area contributed by atoms with Gasteiger partial charge in [0.2, 0.25) is 5.82 Å². The van der Waals surface area contributed by atoms with Crippen LogP contribution in [0, 0.1) is 0 Å². The maximum absolute atomic E-state index is 6.02. The summed E-state index contributed by atoms with van der Waals surface area (Å²) in [4.78, 5) is 2.36. The molecular weight excluding hydrogens is 290 g/mol. The summed E-state index contributed by atoms with van der Waals surface area (Å²) in [5.74, 6) is 2.16. The number of benzene rings is 1. The van der Waals surface area contributed by atoms with Crippen molar-refractivity contribution >= 4 is 5.57 Å². The minimum Gasteiger partial charge on any atom is -0.492 e. The Morgan fingerprint density at radius 1 is 1.30 bits per heavy atom. The van der Waals surface area contributed by atoms with Gasteiger partial charge in [-0.05, 0) is 29.2 Å². The monoisotopic (exact) mass is 313 g/mol. The smallest absolute Gasteiger partial charge is 0.201 e. The molecule has 6 nitrogen and oxygen atoms in total. The molecule has 6 heteroatoms. The number of hydrogen-bond donors (Lipinski definition) is 1. The number of hydrogen-bond acceptors (Lipinski definition) is 5. The zero-order chi connectivity index (χ0) is 16.1. The predicted molar refractivity (Wildman–Crippen MR) is 89.2 cm³/mol. The zero-order valence-electron chi connectivity index (χ0n) is 13.7. The van der Waals surface area contributed by atoms with Crippen LogP contribution in [0.15, 0.2) is 30.3 Å². The number of aromatic nitrogens is 4. The Kier molecular flexibility index (Phi) is 5.02. The zero-order valence-corrected chi connectivity index (χ0v) is 13.7. The van der Waals surface area contributed by atoms with Crippen molar-refractivity contribution in [3.05, 3.63) is 41.7 Å². The molecule has 0 amide bonds. The van der Waals surface area contributed by atoms with Gasteiger partial charge < -0.3 is 4.74 Å². The van der Waals surface area contributed by atoms with Crippen molar-refractivity contribution in [2.24, 2.45) is 0 Å². The average Bonchev–Trinajstić information content (AvgIpc) is 3.10. The molecule has 1 aromatic carbocycles. The lowest BCUT2D eigenvalue weighted by atomic mass is 10.0. The molecule has 0 fully saturated rings. The highest BCUT2D eigenvalue weighted by Crippen LogP contribution is 2.26. The molecule has 23 heavy (non-hydrogen) atoms. The van der Waals surface area contributed by atoms with E-state index < -0.39 is 0 Å². The van der Waals surface area contributed by atoms with Crippen LogP contribution in [0.2, 0.25) is 0 Å². The summed E-state index contributed by atoms with van der Waals surface area (Å²) in [7, 11) is 0. The number of tetrazole rings is 1. The maximum Gasteiger partial charge on any atom is 0.201 e. The van der Waals surface area contributed by atoms with E-state index in [1.807, 2.05) is 6.07 Å². The van der Waals surface area contributed by atoms with Crippen molar-refractivity contribution in [2.45, 2.75) is 26.2 Å². The number of nitrogens with one attached hydrogen (secondary N) is 1. The molecule has 0 saturated carbocycles. The predicted octanol–water partition coefficient (Wildman–Crippen LogP) is 2.49. The van der Waals surface area contributed by atoms with Crippen LogP contribution in [-0.2, 0) is 0 Å². The van der Waals surface area contributed by atoms with Crippen LogP contribution in [0.1, 0.15) is 37.6 Å². The molecule has 1 N–H and O–H groups in total. The van der Waals surface area contributed by atoms with E-state index in [1.54, 1.807) is 0 Å². The van der Waals surface area contributed by atoms with E-state index in [2.05, 4.69) is 63.6 Å². The van der Waals surface area contributed by atoms with E-state index in [-0.39, 0.29) is 0 Å². The Morgan fingerprint density at radius 2 is 2.17 bits per heavy atom. The van der Waals surface area contributed by atoms with E-state index in [9.17, 15) is 0 Å². The molecule has 0 radical (unpaired) electrons. The fourth-order valence-electron chi connectivity index (χ4n) is 2.83. The standard InChI is InChI=1S/C17H23N5O/c1-13(2)15-7-3-4-8-16(15)23-11-10-22-9-5-6-14(12-22)17-18-20-21-19-17/h3-4,6-8,13H,5,9-12H2,1-2H3,(H,18,19,20,21). The van der Waals surface area contributed by atoms with Crippen molar-refractivity contribution in [3.63, 3.8) is 0 Å². The first kappa shape index (κ1) is 15.7. The van der Waals surface area contributed by atoms with Crippen molar-refractivity contribution in [3.8, 4) is 5.75 Å². The number of para-hydroxylation sites is 1. The second-order valence-electron chi connectivity index (χ2n) is 6.07. The summed E-state index contributed by atoms with van der Waals surface area (Å²) < 4.78 is 6.02. The van der Waals surface area contributed by atoms with Crippen LogP contribution in [0.4, 0.5) is 0 Å². The second-order valence-corrected chi connectivity index (χ2v) is 6.07. The molecule has 3 rings (SSSR count). The third-order valence-electron chi connectivity index (χ3n) is 4.07. The Bertz CT molecular complexity index is 651. The molecule has 1 aliphatic rings. The van der Waals surface area contributed by atoms with Crippen LogP contribution >= 0.6 is 0 Å². The third-order valence-corrected chi connectivity index (χ3v) is 4.07. The van der Waals surface area contributed by atoms with Gasteiger partial charge in [-0.25, -0.2) is 0 Å². The molecule has 2 heterocycles. The van der Waals surface area contributed by atoms with Crippen molar-refractivity contribution in [1.29, 1.82) is 0 Å². The normalized spacial score (nSPS) is 15.7. The first-order valence-electron chi connectivity index (χ1n) is 8.11. The fraction of sp³-hybridized carbons (Fsp3) is 0.471. The number of aromatic amines is 1. The van der Waals surface area contributed by atoms with Gasteiger partial charge in [-0.15, -0.1) is 10.2 Å². The molecule has 1 aromatic heterocycles. The van der Waals surface area contributed by atoms with Gasteiger partial charge in [-0.1, -0.05) is 38.1 Å². The van der Waals surface area contributed by atoms with Gasteiger partial charge in [0.05, 0.1) is 0 Å². The molecule has 0 saturated heterocycles. The van der Waals surface area contributed by atoms with Gasteiger partial charge in [0.15, 0.2) is 0 Å². The Labute approximate surface area is 136 Å². The molecule has 0 bridgehead atoms. The molecule has 0 atom stereocenters. The quantitative estimate of drug-likeness (QED) is 0.887. The molecule has 0 aliphatic carbocycles. The lowest BCUT2D eigenvalue weighted by molar-refractivity contribution is 0.222. The van der Waals surface area contributed by atoms with Gasteiger partial charge in [-0.2, -0.15) is 5.21 Å². The maximum atomic E-state index is 6.02. The van der Waals surface area contributed by atoms with Crippen molar-refractivity contribution < 1.29 is 4.74 Å². The van der Waals surface area contributed by atoms with Crippen LogP contribution in [0.3, 0.4) is 0 Å². The lowest BCUT2D eigenvalue weighted by Crippen LogP contribution is -2.33. The summed E-state index contributed by atoms with van der Waals surface area (Å²) in [5, 5.41) is 14.3. The summed E-state index contributed by atoms with van der Waals surface area (Å²) in [6, 6.07) is 8.28. The SMILES string of the molecule is CC(C)c1ccccc1OCCN1CCC=C(c2nn[nH]n2)C1. The highest BCUT2D eigenvalue weighted by atomic mass is 16.5. The molecule has 2 aromatic rings. The van der Waals surface area contributed by atoms with Crippen molar-refractivity contribution in [1.82, 2.24) is 25.5 Å². The highest BCUT2D eigenvalue weighted by Gasteiger charge is 2.16. The van der Waals surface area contributed by atoms with Crippen LogP contribution in [0.25, 0.3) is 5.57 Å². The lowest BCUT2D eigenvalue weighted by Gasteiger charge is -2.26. The first-order chi connectivity index (χ1) is 11.2. The van der Waals surface area contributed by atoms with E-state index >= 15 is 0 Å². The van der Waals surface area contributed by atoms with Crippen LogP contribution in [-0.4, -0.2) is 51.8 Å². The average molecular weight is 313 g/mol.